The highest BCUT2D eigenvalue weighted by Gasteiger charge is 2.28. The van der Waals surface area contributed by atoms with E-state index in [9.17, 15) is 8.42 Å². The minimum Gasteiger partial charge on any atom is -0.328 e. The lowest BCUT2D eigenvalue weighted by atomic mass is 9.92. The van der Waals surface area contributed by atoms with Gasteiger partial charge in [-0.05, 0) is 38.0 Å². The van der Waals surface area contributed by atoms with Crippen LogP contribution >= 0.6 is 12.4 Å². The molecule has 0 saturated carbocycles. The first kappa shape index (κ1) is 18.2. The van der Waals surface area contributed by atoms with Crippen LogP contribution in [-0.2, 0) is 10.0 Å². The largest absolute Gasteiger partial charge is 0.328 e. The van der Waals surface area contributed by atoms with E-state index in [2.05, 4.69) is 13.8 Å². The molecule has 1 atom stereocenters. The zero-order valence-electron chi connectivity index (χ0n) is 11.6. The molecule has 1 heterocycles. The molecule has 1 fully saturated rings. The number of halogens is 1. The molecule has 18 heavy (non-hydrogen) atoms. The predicted octanol–water partition coefficient (Wildman–Crippen LogP) is 1.84. The Hall–Kier alpha value is 0.160. The quantitative estimate of drug-likeness (QED) is 0.842. The summed E-state index contributed by atoms with van der Waals surface area (Å²) in [5.74, 6) is 1.20. The van der Waals surface area contributed by atoms with E-state index in [0.717, 1.165) is 19.3 Å². The molecule has 0 amide bonds. The van der Waals surface area contributed by atoms with E-state index in [-0.39, 0.29) is 24.2 Å². The number of sulfonamides is 1. The van der Waals surface area contributed by atoms with Crippen molar-refractivity contribution in [3.05, 3.63) is 0 Å². The van der Waals surface area contributed by atoms with Crippen LogP contribution in [0.15, 0.2) is 0 Å². The molecular weight excluding hydrogens is 272 g/mol. The maximum absolute atomic E-state index is 12.1. The molecule has 0 aromatic rings. The van der Waals surface area contributed by atoms with E-state index in [4.69, 9.17) is 5.73 Å². The summed E-state index contributed by atoms with van der Waals surface area (Å²) in [5.41, 5.74) is 5.85. The van der Waals surface area contributed by atoms with Gasteiger partial charge in [0, 0.05) is 19.1 Å². The van der Waals surface area contributed by atoms with Crippen molar-refractivity contribution >= 4 is 22.4 Å². The van der Waals surface area contributed by atoms with Crippen LogP contribution in [0, 0.1) is 11.8 Å². The van der Waals surface area contributed by atoms with Crippen LogP contribution in [0.1, 0.15) is 40.0 Å². The molecule has 0 bridgehead atoms. The van der Waals surface area contributed by atoms with E-state index in [1.54, 1.807) is 4.31 Å². The van der Waals surface area contributed by atoms with Gasteiger partial charge in [0.15, 0.2) is 0 Å². The Kier molecular flexibility index (Phi) is 7.75. The van der Waals surface area contributed by atoms with Gasteiger partial charge in [-0.1, -0.05) is 13.8 Å². The number of nitrogens with two attached hydrogens (primary N) is 1. The van der Waals surface area contributed by atoms with Crippen LogP contribution in [0.25, 0.3) is 0 Å². The van der Waals surface area contributed by atoms with Crippen molar-refractivity contribution in [3.63, 3.8) is 0 Å². The maximum atomic E-state index is 12.1. The van der Waals surface area contributed by atoms with Gasteiger partial charge in [0.1, 0.15) is 0 Å². The molecule has 0 radical (unpaired) electrons. The molecule has 0 spiro atoms. The zero-order chi connectivity index (χ0) is 13.1. The Bertz CT molecular complexity index is 323. The highest BCUT2D eigenvalue weighted by Crippen LogP contribution is 2.22. The van der Waals surface area contributed by atoms with Gasteiger partial charge in [0.05, 0.1) is 5.75 Å². The zero-order valence-corrected chi connectivity index (χ0v) is 13.3. The summed E-state index contributed by atoms with van der Waals surface area (Å²) < 4.78 is 25.8. The van der Waals surface area contributed by atoms with Crippen LogP contribution in [0.2, 0.25) is 0 Å². The van der Waals surface area contributed by atoms with Gasteiger partial charge >= 0.3 is 0 Å². The molecule has 1 aliphatic rings. The van der Waals surface area contributed by atoms with Crippen molar-refractivity contribution in [2.45, 2.75) is 46.1 Å². The third-order valence-electron chi connectivity index (χ3n) is 3.59. The molecule has 110 valence electrons. The first-order valence-electron chi connectivity index (χ1n) is 6.56. The SMILES string of the molecule is CC(C)CCS(=O)(=O)N1CCC(C(C)N)CC1.Cl. The van der Waals surface area contributed by atoms with Crippen LogP contribution in [0.3, 0.4) is 0 Å². The highest BCUT2D eigenvalue weighted by molar-refractivity contribution is 7.89. The van der Waals surface area contributed by atoms with Crippen molar-refractivity contribution in [1.82, 2.24) is 4.31 Å². The van der Waals surface area contributed by atoms with Crippen molar-refractivity contribution in [1.29, 1.82) is 0 Å². The third-order valence-corrected chi connectivity index (χ3v) is 5.49. The number of piperidine rings is 1. The van der Waals surface area contributed by atoms with E-state index in [1.165, 1.54) is 0 Å². The van der Waals surface area contributed by atoms with Gasteiger partial charge < -0.3 is 5.73 Å². The minimum absolute atomic E-state index is 0. The van der Waals surface area contributed by atoms with Crippen molar-refractivity contribution in [2.75, 3.05) is 18.8 Å². The predicted molar refractivity (Wildman–Crippen MR) is 78.4 cm³/mol. The van der Waals surface area contributed by atoms with Crippen LogP contribution in [0.5, 0.6) is 0 Å². The Morgan fingerprint density at radius 1 is 1.22 bits per heavy atom. The number of hydrogen-bond acceptors (Lipinski definition) is 3. The van der Waals surface area contributed by atoms with E-state index >= 15 is 0 Å². The molecule has 1 rings (SSSR count). The second-order valence-corrected chi connectivity index (χ2v) is 7.68. The van der Waals surface area contributed by atoms with Gasteiger partial charge in [-0.2, -0.15) is 0 Å². The van der Waals surface area contributed by atoms with E-state index < -0.39 is 10.0 Å². The molecule has 6 heteroatoms. The molecule has 1 unspecified atom stereocenters. The molecule has 1 saturated heterocycles. The molecule has 1 aliphatic heterocycles. The van der Waals surface area contributed by atoms with Crippen LogP contribution in [0.4, 0.5) is 0 Å². The van der Waals surface area contributed by atoms with Gasteiger partial charge in [-0.3, -0.25) is 0 Å². The van der Waals surface area contributed by atoms with Gasteiger partial charge in [0.25, 0.3) is 0 Å². The fraction of sp³-hybridized carbons (Fsp3) is 1.00. The molecular formula is C12H27ClN2O2S. The fourth-order valence-corrected chi connectivity index (χ4v) is 3.99. The van der Waals surface area contributed by atoms with E-state index in [1.807, 2.05) is 6.92 Å². The Morgan fingerprint density at radius 2 is 1.72 bits per heavy atom. The molecule has 0 aromatic heterocycles. The number of nitrogens with zero attached hydrogens (tertiary/aromatic N) is 1. The first-order valence-corrected chi connectivity index (χ1v) is 8.17. The topological polar surface area (TPSA) is 63.4 Å². The monoisotopic (exact) mass is 298 g/mol. The number of hydrogen-bond donors (Lipinski definition) is 1. The highest BCUT2D eigenvalue weighted by atomic mass is 35.5. The van der Waals surface area contributed by atoms with Gasteiger partial charge in [-0.15, -0.1) is 12.4 Å². The summed E-state index contributed by atoms with van der Waals surface area (Å²) in [6.45, 7) is 7.41. The van der Waals surface area contributed by atoms with Gasteiger partial charge in [0.2, 0.25) is 10.0 Å². The van der Waals surface area contributed by atoms with Crippen LogP contribution in [-0.4, -0.2) is 37.6 Å². The minimum atomic E-state index is -3.04. The second kappa shape index (κ2) is 7.68. The normalized spacial score (nSPS) is 20.7. The molecule has 2 N–H and O–H groups in total. The summed E-state index contributed by atoms with van der Waals surface area (Å²) in [5, 5.41) is 0. The molecule has 4 nitrogen and oxygen atoms in total. The number of rotatable bonds is 5. The first-order chi connectivity index (χ1) is 7.83. The maximum Gasteiger partial charge on any atom is 0.214 e. The van der Waals surface area contributed by atoms with Crippen molar-refractivity contribution < 1.29 is 8.42 Å². The average Bonchev–Trinajstić information content (AvgIpc) is 2.27. The van der Waals surface area contributed by atoms with Crippen molar-refractivity contribution in [2.24, 2.45) is 17.6 Å². The Labute approximate surface area is 118 Å². The van der Waals surface area contributed by atoms with E-state index in [0.29, 0.717) is 24.9 Å². The smallest absolute Gasteiger partial charge is 0.214 e. The molecule has 0 aromatic carbocycles. The lowest BCUT2D eigenvalue weighted by molar-refractivity contribution is 0.250. The lowest BCUT2D eigenvalue weighted by Crippen LogP contribution is -2.43. The summed E-state index contributed by atoms with van der Waals surface area (Å²) in [6, 6.07) is 0.176. The average molecular weight is 299 g/mol. The van der Waals surface area contributed by atoms with Gasteiger partial charge in [-0.25, -0.2) is 12.7 Å². The van der Waals surface area contributed by atoms with Crippen molar-refractivity contribution in [3.8, 4) is 0 Å². The lowest BCUT2D eigenvalue weighted by Gasteiger charge is -2.33. The fourth-order valence-electron chi connectivity index (χ4n) is 2.19. The standard InChI is InChI=1S/C12H26N2O2S.ClH/c1-10(2)6-9-17(15,16)14-7-4-12(5-8-14)11(3)13;/h10-12H,4-9,13H2,1-3H3;1H. The second-order valence-electron chi connectivity index (χ2n) is 5.59. The Balaban J connectivity index is 0.00000289. The van der Waals surface area contributed by atoms with Crippen LogP contribution < -0.4 is 5.73 Å². The summed E-state index contributed by atoms with van der Waals surface area (Å²) >= 11 is 0. The molecule has 0 aliphatic carbocycles. The summed E-state index contributed by atoms with van der Waals surface area (Å²) in [4.78, 5) is 0. The summed E-state index contributed by atoms with van der Waals surface area (Å²) in [6.07, 6.45) is 2.55. The summed E-state index contributed by atoms with van der Waals surface area (Å²) in [7, 11) is -3.04. The Morgan fingerprint density at radius 3 is 2.11 bits per heavy atom. The third kappa shape index (κ3) is 5.43.